The second kappa shape index (κ2) is 14.6. The number of anilines is 1. The Hall–Kier alpha value is -4.43. The van der Waals surface area contributed by atoms with Gasteiger partial charge in [0.05, 0.1) is 10.6 Å². The third-order valence-corrected chi connectivity index (χ3v) is 9.14. The second-order valence-electron chi connectivity index (χ2n) is 10.6. The zero-order valence-electron chi connectivity index (χ0n) is 24.9. The summed E-state index contributed by atoms with van der Waals surface area (Å²) in [7, 11) is -4.11. The van der Waals surface area contributed by atoms with E-state index in [9.17, 15) is 18.0 Å². The Morgan fingerprint density at radius 3 is 2.02 bits per heavy atom. The molecule has 0 aromatic heterocycles. The van der Waals surface area contributed by atoms with Gasteiger partial charge >= 0.3 is 0 Å². The molecule has 0 spiro atoms. The third kappa shape index (κ3) is 8.11. The molecule has 0 aliphatic rings. The fraction of sp³-hybridized carbons (Fsp3) is 0.257. The van der Waals surface area contributed by atoms with Crippen LogP contribution >= 0.6 is 0 Å². The number of hydrogen-bond acceptors (Lipinski definition) is 4. The van der Waals surface area contributed by atoms with Gasteiger partial charge in [0, 0.05) is 19.5 Å². The van der Waals surface area contributed by atoms with Crippen molar-refractivity contribution in [3.63, 3.8) is 0 Å². The Labute approximate surface area is 255 Å². The van der Waals surface area contributed by atoms with Gasteiger partial charge in [0.2, 0.25) is 11.8 Å². The highest BCUT2D eigenvalue weighted by Gasteiger charge is 2.34. The smallest absolute Gasteiger partial charge is 0.264 e. The first-order valence-electron chi connectivity index (χ1n) is 14.5. The molecule has 43 heavy (non-hydrogen) atoms. The van der Waals surface area contributed by atoms with Gasteiger partial charge in [-0.2, -0.15) is 0 Å². The van der Waals surface area contributed by atoms with Crippen molar-refractivity contribution in [2.75, 3.05) is 17.4 Å². The van der Waals surface area contributed by atoms with Gasteiger partial charge in [0.15, 0.2) is 0 Å². The predicted molar refractivity (Wildman–Crippen MR) is 171 cm³/mol. The highest BCUT2D eigenvalue weighted by Crippen LogP contribution is 2.25. The van der Waals surface area contributed by atoms with Gasteiger partial charge in [0.25, 0.3) is 10.0 Å². The van der Waals surface area contributed by atoms with E-state index < -0.39 is 28.5 Å². The molecule has 0 unspecified atom stereocenters. The first-order valence-corrected chi connectivity index (χ1v) is 15.9. The predicted octanol–water partition coefficient (Wildman–Crippen LogP) is 5.67. The van der Waals surface area contributed by atoms with E-state index in [1.165, 1.54) is 17.0 Å². The molecule has 0 saturated heterocycles. The molecule has 0 saturated carbocycles. The van der Waals surface area contributed by atoms with Gasteiger partial charge in [-0.1, -0.05) is 97.4 Å². The van der Waals surface area contributed by atoms with E-state index in [1.807, 2.05) is 87.5 Å². The lowest BCUT2D eigenvalue weighted by molar-refractivity contribution is -0.140. The van der Waals surface area contributed by atoms with Crippen LogP contribution in [0.15, 0.2) is 114 Å². The third-order valence-electron chi connectivity index (χ3n) is 7.35. The number of hydrogen-bond donors (Lipinski definition) is 1. The fourth-order valence-electron chi connectivity index (χ4n) is 4.85. The Balaban J connectivity index is 1.79. The summed E-state index contributed by atoms with van der Waals surface area (Å²) in [5, 5.41) is 2.97. The lowest BCUT2D eigenvalue weighted by Gasteiger charge is -2.34. The van der Waals surface area contributed by atoms with Crippen molar-refractivity contribution in [3.05, 3.63) is 131 Å². The van der Waals surface area contributed by atoms with Crippen LogP contribution in [-0.4, -0.2) is 44.3 Å². The SMILES string of the molecule is CCCNC(=O)[C@H](Cc1ccccc1)N(Cc1ccccc1C)C(=O)CN(c1ccc(C)cc1)S(=O)(=O)c1ccccc1. The first-order chi connectivity index (χ1) is 20.7. The van der Waals surface area contributed by atoms with Crippen LogP contribution in [-0.2, 0) is 32.6 Å². The van der Waals surface area contributed by atoms with Crippen LogP contribution in [0.4, 0.5) is 5.69 Å². The summed E-state index contributed by atoms with van der Waals surface area (Å²) in [6.07, 6.45) is 1.02. The van der Waals surface area contributed by atoms with Crippen LogP contribution in [0.2, 0.25) is 0 Å². The van der Waals surface area contributed by atoms with Crippen LogP contribution in [0.25, 0.3) is 0 Å². The molecule has 0 bridgehead atoms. The van der Waals surface area contributed by atoms with E-state index in [0.717, 1.165) is 33.0 Å². The number of aryl methyl sites for hydroxylation is 2. The number of benzene rings is 4. The molecule has 2 amide bonds. The molecule has 0 heterocycles. The van der Waals surface area contributed by atoms with Crippen LogP contribution < -0.4 is 9.62 Å². The maximum Gasteiger partial charge on any atom is 0.264 e. The van der Waals surface area contributed by atoms with Crippen molar-refractivity contribution in [3.8, 4) is 0 Å². The summed E-state index contributed by atoms with van der Waals surface area (Å²) in [5.41, 5.74) is 4.08. The van der Waals surface area contributed by atoms with Gasteiger partial charge in [0.1, 0.15) is 12.6 Å². The van der Waals surface area contributed by atoms with Crippen LogP contribution in [0.3, 0.4) is 0 Å². The molecule has 0 aliphatic carbocycles. The van der Waals surface area contributed by atoms with Crippen molar-refractivity contribution in [1.82, 2.24) is 10.2 Å². The van der Waals surface area contributed by atoms with Crippen molar-refractivity contribution >= 4 is 27.5 Å². The number of nitrogens with one attached hydrogen (secondary N) is 1. The molecule has 1 atom stereocenters. The minimum atomic E-state index is -4.11. The van der Waals surface area contributed by atoms with Gasteiger partial charge in [-0.25, -0.2) is 8.42 Å². The molecule has 0 fully saturated rings. The number of carbonyl (C=O) groups excluding carboxylic acids is 2. The Morgan fingerprint density at radius 2 is 1.40 bits per heavy atom. The summed E-state index contributed by atoms with van der Waals surface area (Å²) in [4.78, 5) is 29.7. The molecule has 8 heteroatoms. The maximum atomic E-state index is 14.4. The molecule has 4 aromatic rings. The number of nitrogens with zero attached hydrogens (tertiary/aromatic N) is 2. The number of amides is 2. The topological polar surface area (TPSA) is 86.8 Å². The zero-order chi connectivity index (χ0) is 30.8. The lowest BCUT2D eigenvalue weighted by atomic mass is 10.0. The average molecular weight is 598 g/mol. The second-order valence-corrected chi connectivity index (χ2v) is 12.5. The van der Waals surface area contributed by atoms with Crippen LogP contribution in [0.1, 0.15) is 35.6 Å². The van der Waals surface area contributed by atoms with Gasteiger partial charge in [-0.3, -0.25) is 13.9 Å². The minimum absolute atomic E-state index is 0.0790. The Kier molecular flexibility index (Phi) is 10.7. The van der Waals surface area contributed by atoms with Gasteiger partial charge in [-0.05, 0) is 61.2 Å². The Bertz CT molecular complexity index is 1610. The van der Waals surface area contributed by atoms with E-state index >= 15 is 0 Å². The standard InChI is InChI=1S/C35H39N3O4S/c1-4-23-36-35(40)33(24-29-14-7-5-8-15-29)37(25-30-16-12-11-13-28(30)3)34(39)26-38(31-21-19-27(2)20-22-31)43(41,42)32-17-9-6-10-18-32/h5-22,33H,4,23-26H2,1-3H3,(H,36,40)/t33-/m0/s1. The van der Waals surface area contributed by atoms with Crippen molar-refractivity contribution in [2.45, 2.75) is 51.1 Å². The maximum absolute atomic E-state index is 14.4. The number of carbonyl (C=O) groups is 2. The molecule has 224 valence electrons. The summed E-state index contributed by atoms with van der Waals surface area (Å²) in [6, 6.07) is 31.5. The summed E-state index contributed by atoms with van der Waals surface area (Å²) in [5.74, 6) is -0.753. The summed E-state index contributed by atoms with van der Waals surface area (Å²) in [6.45, 7) is 5.98. The highest BCUT2D eigenvalue weighted by molar-refractivity contribution is 7.92. The number of rotatable bonds is 13. The highest BCUT2D eigenvalue weighted by atomic mass is 32.2. The summed E-state index contributed by atoms with van der Waals surface area (Å²) < 4.78 is 29.1. The van der Waals surface area contributed by atoms with E-state index in [4.69, 9.17) is 0 Å². The van der Waals surface area contributed by atoms with Crippen molar-refractivity contribution in [1.29, 1.82) is 0 Å². The molecule has 1 N–H and O–H groups in total. The molecule has 0 radical (unpaired) electrons. The molecule has 0 aliphatic heterocycles. The zero-order valence-corrected chi connectivity index (χ0v) is 25.8. The number of sulfonamides is 1. The van der Waals surface area contributed by atoms with Crippen LogP contribution in [0.5, 0.6) is 0 Å². The van der Waals surface area contributed by atoms with Gasteiger partial charge < -0.3 is 10.2 Å². The van der Waals surface area contributed by atoms with Crippen molar-refractivity contribution in [2.24, 2.45) is 0 Å². The van der Waals surface area contributed by atoms with E-state index in [0.29, 0.717) is 12.2 Å². The van der Waals surface area contributed by atoms with E-state index in [-0.39, 0.29) is 23.8 Å². The van der Waals surface area contributed by atoms with E-state index in [1.54, 1.807) is 30.3 Å². The Morgan fingerprint density at radius 1 is 0.791 bits per heavy atom. The quantitative estimate of drug-likeness (QED) is 0.215. The lowest BCUT2D eigenvalue weighted by Crippen LogP contribution is -2.53. The summed E-state index contributed by atoms with van der Waals surface area (Å²) >= 11 is 0. The molecule has 7 nitrogen and oxygen atoms in total. The molecular weight excluding hydrogens is 558 g/mol. The average Bonchev–Trinajstić information content (AvgIpc) is 3.02. The fourth-order valence-corrected chi connectivity index (χ4v) is 6.29. The normalized spacial score (nSPS) is 11.9. The van der Waals surface area contributed by atoms with Gasteiger partial charge in [-0.15, -0.1) is 0 Å². The van der Waals surface area contributed by atoms with E-state index in [2.05, 4.69) is 5.32 Å². The first kappa shape index (κ1) is 31.5. The largest absolute Gasteiger partial charge is 0.354 e. The molecular formula is C35H39N3O4S. The monoisotopic (exact) mass is 597 g/mol. The minimum Gasteiger partial charge on any atom is -0.354 e. The van der Waals surface area contributed by atoms with Crippen LogP contribution in [0, 0.1) is 13.8 Å². The molecule has 4 rings (SSSR count). The molecule has 4 aromatic carbocycles. The van der Waals surface area contributed by atoms with Crippen molar-refractivity contribution < 1.29 is 18.0 Å².